The highest BCUT2D eigenvalue weighted by Crippen LogP contribution is 2.39. The standard InChI is InChI=1S/C14H12F3NO3S/c1-22(20,21)12-6-9(14(15,16)17)4-5-10(12)13(19)11(7-18)8-2-3-8/h4-6,8,11H,2-3H2,1H3. The molecule has 0 N–H and O–H groups in total. The zero-order valence-electron chi connectivity index (χ0n) is 11.5. The molecular formula is C14H12F3NO3S. The number of alkyl halides is 3. The Kier molecular flexibility index (Phi) is 4.04. The van der Waals surface area contributed by atoms with Crippen molar-refractivity contribution in [3.63, 3.8) is 0 Å². The number of carbonyl (C=O) groups excluding carboxylic acids is 1. The molecule has 1 atom stereocenters. The van der Waals surface area contributed by atoms with Gasteiger partial charge in [-0.15, -0.1) is 0 Å². The number of Topliss-reactive ketones (excluding diaryl/α,β-unsaturated/α-hetero) is 1. The van der Waals surface area contributed by atoms with E-state index in [0.717, 1.165) is 12.3 Å². The maximum atomic E-state index is 12.7. The first-order valence-corrected chi connectivity index (χ1v) is 8.30. The van der Waals surface area contributed by atoms with Crippen molar-refractivity contribution in [1.82, 2.24) is 0 Å². The minimum atomic E-state index is -4.72. The second kappa shape index (κ2) is 5.39. The zero-order chi connectivity index (χ0) is 16.7. The topological polar surface area (TPSA) is 75.0 Å². The van der Waals surface area contributed by atoms with E-state index in [9.17, 15) is 26.4 Å². The van der Waals surface area contributed by atoms with Gasteiger partial charge in [-0.3, -0.25) is 4.79 Å². The fourth-order valence-corrected chi connectivity index (χ4v) is 3.09. The summed E-state index contributed by atoms with van der Waals surface area (Å²) in [5, 5.41) is 9.05. The van der Waals surface area contributed by atoms with Gasteiger partial charge in [0.05, 0.1) is 16.5 Å². The molecule has 1 aliphatic carbocycles. The summed E-state index contributed by atoms with van der Waals surface area (Å²) in [7, 11) is -4.04. The molecule has 118 valence electrons. The Balaban J connectivity index is 2.56. The van der Waals surface area contributed by atoms with Gasteiger partial charge in [-0.25, -0.2) is 8.42 Å². The summed E-state index contributed by atoms with van der Waals surface area (Å²) >= 11 is 0. The molecule has 22 heavy (non-hydrogen) atoms. The number of rotatable bonds is 4. The molecule has 1 saturated carbocycles. The van der Waals surface area contributed by atoms with Crippen LogP contribution in [0.15, 0.2) is 23.1 Å². The summed E-state index contributed by atoms with van der Waals surface area (Å²) in [4.78, 5) is 11.6. The van der Waals surface area contributed by atoms with Gasteiger partial charge in [0.1, 0.15) is 5.92 Å². The number of hydrogen-bond donors (Lipinski definition) is 0. The number of sulfone groups is 1. The van der Waals surface area contributed by atoms with Crippen LogP contribution in [0.4, 0.5) is 13.2 Å². The molecule has 4 nitrogen and oxygen atoms in total. The van der Waals surface area contributed by atoms with Gasteiger partial charge in [-0.1, -0.05) is 0 Å². The van der Waals surface area contributed by atoms with Gasteiger partial charge in [0.15, 0.2) is 15.6 Å². The number of benzene rings is 1. The third-order valence-electron chi connectivity index (χ3n) is 3.49. The normalized spacial score (nSPS) is 16.9. The molecule has 1 aromatic carbocycles. The van der Waals surface area contributed by atoms with Crippen molar-refractivity contribution >= 4 is 15.6 Å². The van der Waals surface area contributed by atoms with Crippen LogP contribution in [-0.2, 0) is 16.0 Å². The molecule has 0 spiro atoms. The molecule has 0 aliphatic heterocycles. The average molecular weight is 331 g/mol. The summed E-state index contributed by atoms with van der Waals surface area (Å²) in [5.74, 6) is -1.90. The van der Waals surface area contributed by atoms with Crippen molar-refractivity contribution in [2.45, 2.75) is 23.9 Å². The first kappa shape index (κ1) is 16.5. The maximum Gasteiger partial charge on any atom is 0.416 e. The van der Waals surface area contributed by atoms with Crippen LogP contribution in [-0.4, -0.2) is 20.5 Å². The van der Waals surface area contributed by atoms with Crippen molar-refractivity contribution in [3.05, 3.63) is 29.3 Å². The molecule has 8 heteroatoms. The lowest BCUT2D eigenvalue weighted by Gasteiger charge is -2.13. The van der Waals surface area contributed by atoms with E-state index in [2.05, 4.69) is 0 Å². The molecule has 0 amide bonds. The van der Waals surface area contributed by atoms with E-state index in [-0.39, 0.29) is 11.5 Å². The van der Waals surface area contributed by atoms with Crippen LogP contribution >= 0.6 is 0 Å². The molecular weight excluding hydrogens is 319 g/mol. The summed E-state index contributed by atoms with van der Waals surface area (Å²) in [6, 6.07) is 3.77. The van der Waals surface area contributed by atoms with Gasteiger partial charge < -0.3 is 0 Å². The lowest BCUT2D eigenvalue weighted by Crippen LogP contribution is -2.19. The van der Waals surface area contributed by atoms with E-state index >= 15 is 0 Å². The SMILES string of the molecule is CS(=O)(=O)c1cc(C(F)(F)F)ccc1C(=O)C(C#N)C1CC1. The molecule has 0 saturated heterocycles. The Labute approximate surface area is 125 Å². The predicted octanol–water partition coefficient (Wildman–Crippen LogP) is 2.84. The van der Waals surface area contributed by atoms with Crippen LogP contribution in [0, 0.1) is 23.2 Å². The van der Waals surface area contributed by atoms with Crippen LogP contribution in [0.5, 0.6) is 0 Å². The van der Waals surface area contributed by atoms with E-state index in [1.807, 2.05) is 6.07 Å². The third-order valence-corrected chi connectivity index (χ3v) is 4.63. The molecule has 1 fully saturated rings. The molecule has 0 heterocycles. The Morgan fingerprint density at radius 1 is 1.36 bits per heavy atom. The summed E-state index contributed by atoms with van der Waals surface area (Å²) < 4.78 is 61.6. The average Bonchev–Trinajstić information content (AvgIpc) is 3.21. The first-order valence-electron chi connectivity index (χ1n) is 6.41. The number of carbonyl (C=O) groups is 1. The monoisotopic (exact) mass is 331 g/mol. The van der Waals surface area contributed by atoms with Crippen molar-refractivity contribution in [3.8, 4) is 6.07 Å². The lowest BCUT2D eigenvalue weighted by molar-refractivity contribution is -0.137. The van der Waals surface area contributed by atoms with E-state index in [1.54, 1.807) is 0 Å². The number of nitrogens with zero attached hydrogens (tertiary/aromatic N) is 1. The molecule has 1 aromatic rings. The van der Waals surface area contributed by atoms with Crippen LogP contribution in [0.2, 0.25) is 0 Å². The third kappa shape index (κ3) is 3.30. The van der Waals surface area contributed by atoms with Gasteiger partial charge >= 0.3 is 6.18 Å². The van der Waals surface area contributed by atoms with Gasteiger partial charge in [-0.2, -0.15) is 18.4 Å². The Hall–Kier alpha value is -1.88. The molecule has 1 unspecified atom stereocenters. The second-order valence-corrected chi connectivity index (χ2v) is 7.27. The summed E-state index contributed by atoms with van der Waals surface area (Å²) in [6.45, 7) is 0. The van der Waals surface area contributed by atoms with Crippen LogP contribution in [0.1, 0.15) is 28.8 Å². The minimum absolute atomic E-state index is 0.146. The van der Waals surface area contributed by atoms with Crippen molar-refractivity contribution in [2.75, 3.05) is 6.26 Å². The van der Waals surface area contributed by atoms with E-state index < -0.39 is 38.2 Å². The molecule has 0 radical (unpaired) electrons. The molecule has 0 bridgehead atoms. The summed E-state index contributed by atoms with van der Waals surface area (Å²) in [6.07, 6.45) is -2.62. The fraction of sp³-hybridized carbons (Fsp3) is 0.429. The highest BCUT2D eigenvalue weighted by atomic mass is 32.2. The highest BCUT2D eigenvalue weighted by molar-refractivity contribution is 7.90. The van der Waals surface area contributed by atoms with E-state index in [4.69, 9.17) is 5.26 Å². The molecule has 0 aromatic heterocycles. The molecule has 2 rings (SSSR count). The predicted molar refractivity (Wildman–Crippen MR) is 70.7 cm³/mol. The zero-order valence-corrected chi connectivity index (χ0v) is 12.3. The van der Waals surface area contributed by atoms with E-state index in [1.165, 1.54) is 0 Å². The van der Waals surface area contributed by atoms with Crippen molar-refractivity contribution in [2.24, 2.45) is 11.8 Å². The highest BCUT2D eigenvalue weighted by Gasteiger charge is 2.39. The maximum absolute atomic E-state index is 12.7. The molecule has 1 aliphatic rings. The number of ketones is 1. The number of nitriles is 1. The van der Waals surface area contributed by atoms with Gasteiger partial charge in [0.2, 0.25) is 0 Å². The van der Waals surface area contributed by atoms with Crippen LogP contribution < -0.4 is 0 Å². The Morgan fingerprint density at radius 3 is 2.36 bits per heavy atom. The fourth-order valence-electron chi connectivity index (χ4n) is 2.18. The smallest absolute Gasteiger partial charge is 0.293 e. The van der Waals surface area contributed by atoms with Crippen molar-refractivity contribution in [1.29, 1.82) is 5.26 Å². The largest absolute Gasteiger partial charge is 0.416 e. The van der Waals surface area contributed by atoms with E-state index in [0.29, 0.717) is 25.0 Å². The first-order chi connectivity index (χ1) is 10.1. The lowest BCUT2D eigenvalue weighted by atomic mass is 9.94. The van der Waals surface area contributed by atoms with Gasteiger partial charge in [0, 0.05) is 11.8 Å². The van der Waals surface area contributed by atoms with Crippen LogP contribution in [0.3, 0.4) is 0 Å². The van der Waals surface area contributed by atoms with Gasteiger partial charge in [-0.05, 0) is 37.0 Å². The summed E-state index contributed by atoms with van der Waals surface area (Å²) in [5.41, 5.74) is -1.50. The Bertz CT molecular complexity index is 759. The second-order valence-electron chi connectivity index (χ2n) is 5.29. The van der Waals surface area contributed by atoms with Gasteiger partial charge in [0.25, 0.3) is 0 Å². The minimum Gasteiger partial charge on any atom is -0.293 e. The Morgan fingerprint density at radius 2 is 1.95 bits per heavy atom. The quantitative estimate of drug-likeness (QED) is 0.795. The number of halogens is 3. The number of hydrogen-bond acceptors (Lipinski definition) is 4. The van der Waals surface area contributed by atoms with Crippen LogP contribution in [0.25, 0.3) is 0 Å². The van der Waals surface area contributed by atoms with Crippen molar-refractivity contribution < 1.29 is 26.4 Å².